The average molecular weight is 354 g/mol. The lowest BCUT2D eigenvalue weighted by atomic mass is 10.0. The molecule has 6 nitrogen and oxygen atoms in total. The first kappa shape index (κ1) is 17.4. The minimum Gasteiger partial charge on any atom is -0.378 e. The van der Waals surface area contributed by atoms with Crippen molar-refractivity contribution in [2.75, 3.05) is 32.8 Å². The van der Waals surface area contributed by atoms with Crippen molar-refractivity contribution in [2.24, 2.45) is 0 Å². The molecule has 2 fully saturated rings. The van der Waals surface area contributed by atoms with E-state index in [9.17, 15) is 4.79 Å². The van der Waals surface area contributed by atoms with Crippen molar-refractivity contribution in [2.45, 2.75) is 38.8 Å². The Balaban J connectivity index is 1.54. The van der Waals surface area contributed by atoms with Crippen LogP contribution in [0.15, 0.2) is 24.3 Å². The Kier molecular flexibility index (Phi) is 5.13. The van der Waals surface area contributed by atoms with Gasteiger partial charge in [-0.1, -0.05) is 24.6 Å². The number of ether oxygens (including phenoxy) is 1. The van der Waals surface area contributed by atoms with Crippen LogP contribution in [-0.4, -0.2) is 64.6 Å². The fourth-order valence-electron chi connectivity index (χ4n) is 4.00. The number of nitrogens with zero attached hydrogens (tertiary/aromatic N) is 4. The molecule has 6 heteroatoms. The molecule has 0 spiro atoms. The number of benzene rings is 1. The van der Waals surface area contributed by atoms with E-state index in [1.54, 1.807) is 0 Å². The van der Waals surface area contributed by atoms with Gasteiger partial charge in [-0.05, 0) is 32.4 Å². The van der Waals surface area contributed by atoms with Crippen LogP contribution in [0.2, 0.25) is 0 Å². The summed E-state index contributed by atoms with van der Waals surface area (Å²) < 4.78 is 5.39. The molecule has 1 aromatic heterocycles. The van der Waals surface area contributed by atoms with E-state index in [0.29, 0.717) is 32.8 Å². The first-order valence-corrected chi connectivity index (χ1v) is 9.55. The molecule has 138 valence electrons. The van der Waals surface area contributed by atoms with Gasteiger partial charge in [0.25, 0.3) is 0 Å². The number of likely N-dealkylation sites (tertiary alicyclic amines) is 1. The minimum absolute atomic E-state index is 0.0581. The third kappa shape index (κ3) is 3.57. The summed E-state index contributed by atoms with van der Waals surface area (Å²) in [6, 6.07) is 8.04. The van der Waals surface area contributed by atoms with Crippen LogP contribution in [-0.2, 0) is 16.1 Å². The number of piperidine rings is 1. The molecule has 1 atom stereocenters. The summed E-state index contributed by atoms with van der Waals surface area (Å²) in [5, 5.41) is 1.09. The van der Waals surface area contributed by atoms with E-state index < -0.39 is 0 Å². The van der Waals surface area contributed by atoms with Gasteiger partial charge in [0.05, 0.1) is 31.3 Å². The average Bonchev–Trinajstić information content (AvgIpc) is 2.69. The lowest BCUT2D eigenvalue weighted by Gasteiger charge is -2.38. The van der Waals surface area contributed by atoms with Gasteiger partial charge in [0.1, 0.15) is 5.82 Å². The van der Waals surface area contributed by atoms with Crippen molar-refractivity contribution in [1.29, 1.82) is 0 Å². The molecule has 26 heavy (non-hydrogen) atoms. The Hall–Kier alpha value is -2.05. The molecule has 1 amide bonds. The number of aryl methyl sites for hydroxylation is 1. The van der Waals surface area contributed by atoms with E-state index in [0.717, 1.165) is 48.2 Å². The van der Waals surface area contributed by atoms with Crippen molar-refractivity contribution in [1.82, 2.24) is 19.8 Å². The quantitative estimate of drug-likeness (QED) is 0.845. The number of amides is 1. The molecule has 0 saturated carbocycles. The Labute approximate surface area is 154 Å². The zero-order valence-corrected chi connectivity index (χ0v) is 15.4. The predicted molar refractivity (Wildman–Crippen MR) is 99.7 cm³/mol. The summed E-state index contributed by atoms with van der Waals surface area (Å²) in [7, 11) is 0. The SMILES string of the molecule is Cc1nc(CN2CCCCC2C(=O)N2CCOCC2)nc2ccccc12. The Morgan fingerprint density at radius 2 is 1.96 bits per heavy atom. The number of aromatic nitrogens is 2. The van der Waals surface area contributed by atoms with Crippen LogP contribution in [0.25, 0.3) is 10.9 Å². The molecule has 2 aliphatic rings. The summed E-state index contributed by atoms with van der Waals surface area (Å²) in [4.78, 5) is 26.7. The predicted octanol–water partition coefficient (Wildman–Crippen LogP) is 2.15. The summed E-state index contributed by atoms with van der Waals surface area (Å²) >= 11 is 0. The van der Waals surface area contributed by atoms with Crippen LogP contribution in [0, 0.1) is 6.92 Å². The van der Waals surface area contributed by atoms with Crippen LogP contribution < -0.4 is 0 Å². The van der Waals surface area contributed by atoms with Gasteiger partial charge in [-0.3, -0.25) is 9.69 Å². The highest BCUT2D eigenvalue weighted by molar-refractivity contribution is 5.82. The van der Waals surface area contributed by atoms with Crippen LogP contribution in [0.4, 0.5) is 0 Å². The van der Waals surface area contributed by atoms with Crippen LogP contribution in [0.3, 0.4) is 0 Å². The molecule has 2 aromatic rings. The van der Waals surface area contributed by atoms with Gasteiger partial charge in [0.15, 0.2) is 0 Å². The Bertz CT molecular complexity index is 788. The molecular weight excluding hydrogens is 328 g/mol. The summed E-state index contributed by atoms with van der Waals surface area (Å²) in [6.45, 7) is 6.28. The normalized spacial score (nSPS) is 21.9. The first-order valence-electron chi connectivity index (χ1n) is 9.55. The molecule has 0 radical (unpaired) electrons. The van der Waals surface area contributed by atoms with Gasteiger partial charge >= 0.3 is 0 Å². The first-order chi connectivity index (χ1) is 12.7. The number of hydrogen-bond donors (Lipinski definition) is 0. The van der Waals surface area contributed by atoms with Gasteiger partial charge in [0.2, 0.25) is 5.91 Å². The summed E-state index contributed by atoms with van der Waals surface area (Å²) in [5.41, 5.74) is 1.97. The maximum absolute atomic E-state index is 13.0. The Morgan fingerprint density at radius 1 is 1.15 bits per heavy atom. The fourth-order valence-corrected chi connectivity index (χ4v) is 4.00. The number of fused-ring (bicyclic) bond motifs is 1. The third-order valence-electron chi connectivity index (χ3n) is 5.41. The summed E-state index contributed by atoms with van der Waals surface area (Å²) in [5.74, 6) is 1.05. The Morgan fingerprint density at radius 3 is 2.81 bits per heavy atom. The molecule has 2 aliphatic heterocycles. The molecule has 3 heterocycles. The fraction of sp³-hybridized carbons (Fsp3) is 0.550. The van der Waals surface area contributed by atoms with E-state index in [2.05, 4.69) is 11.0 Å². The molecular formula is C20H26N4O2. The molecule has 1 unspecified atom stereocenters. The third-order valence-corrected chi connectivity index (χ3v) is 5.41. The topological polar surface area (TPSA) is 58.6 Å². The van der Waals surface area contributed by atoms with Gasteiger partial charge < -0.3 is 9.64 Å². The van der Waals surface area contributed by atoms with E-state index in [1.165, 1.54) is 0 Å². The number of carbonyl (C=O) groups excluding carboxylic acids is 1. The lowest BCUT2D eigenvalue weighted by molar-refractivity contribution is -0.142. The maximum atomic E-state index is 13.0. The van der Waals surface area contributed by atoms with Gasteiger partial charge in [-0.15, -0.1) is 0 Å². The van der Waals surface area contributed by atoms with E-state index in [4.69, 9.17) is 14.7 Å². The van der Waals surface area contributed by atoms with E-state index in [-0.39, 0.29) is 11.9 Å². The van der Waals surface area contributed by atoms with Crippen LogP contribution in [0.5, 0.6) is 0 Å². The zero-order chi connectivity index (χ0) is 17.9. The highest BCUT2D eigenvalue weighted by Gasteiger charge is 2.33. The number of hydrogen-bond acceptors (Lipinski definition) is 5. The number of rotatable bonds is 3. The second-order valence-corrected chi connectivity index (χ2v) is 7.16. The highest BCUT2D eigenvalue weighted by atomic mass is 16.5. The van der Waals surface area contributed by atoms with E-state index in [1.807, 2.05) is 30.0 Å². The second-order valence-electron chi connectivity index (χ2n) is 7.16. The number of para-hydroxylation sites is 1. The molecule has 0 N–H and O–H groups in total. The zero-order valence-electron chi connectivity index (χ0n) is 15.4. The lowest BCUT2D eigenvalue weighted by Crippen LogP contribution is -2.53. The standard InChI is InChI=1S/C20H26N4O2/c1-15-16-6-2-3-7-17(16)22-19(21-15)14-24-9-5-4-8-18(24)20(25)23-10-12-26-13-11-23/h2-3,6-7,18H,4-5,8-14H2,1H3. The highest BCUT2D eigenvalue weighted by Crippen LogP contribution is 2.22. The minimum atomic E-state index is -0.0581. The molecule has 4 rings (SSSR count). The second kappa shape index (κ2) is 7.68. The van der Waals surface area contributed by atoms with Crippen LogP contribution in [0.1, 0.15) is 30.8 Å². The van der Waals surface area contributed by atoms with Crippen molar-refractivity contribution >= 4 is 16.8 Å². The van der Waals surface area contributed by atoms with Crippen molar-refractivity contribution in [3.05, 3.63) is 35.8 Å². The molecule has 0 aliphatic carbocycles. The number of carbonyl (C=O) groups is 1. The molecule has 0 bridgehead atoms. The monoisotopic (exact) mass is 354 g/mol. The van der Waals surface area contributed by atoms with Crippen molar-refractivity contribution in [3.8, 4) is 0 Å². The maximum Gasteiger partial charge on any atom is 0.240 e. The number of morpholine rings is 1. The van der Waals surface area contributed by atoms with Crippen molar-refractivity contribution < 1.29 is 9.53 Å². The largest absolute Gasteiger partial charge is 0.378 e. The summed E-state index contributed by atoms with van der Waals surface area (Å²) in [6.07, 6.45) is 3.15. The van der Waals surface area contributed by atoms with Gasteiger partial charge in [0, 0.05) is 24.2 Å². The van der Waals surface area contributed by atoms with Crippen molar-refractivity contribution in [3.63, 3.8) is 0 Å². The molecule has 2 saturated heterocycles. The smallest absolute Gasteiger partial charge is 0.240 e. The van der Waals surface area contributed by atoms with E-state index >= 15 is 0 Å². The molecule has 1 aromatic carbocycles. The van der Waals surface area contributed by atoms with Gasteiger partial charge in [-0.2, -0.15) is 0 Å². The van der Waals surface area contributed by atoms with Crippen LogP contribution >= 0.6 is 0 Å². The van der Waals surface area contributed by atoms with Gasteiger partial charge in [-0.25, -0.2) is 9.97 Å².